The standard InChI is InChI=1S/C22H21ClN2O4/c1-29-25(16-6-4-5-15(23)12-16)22(28)14-9-10-20-18(11-14)17-7-2-3-8-19(17)24(20)13-21(26)27/h2-8,12,14H,9-11,13H2,1H3,(H,26,27). The second-order valence-corrected chi connectivity index (χ2v) is 7.59. The summed E-state index contributed by atoms with van der Waals surface area (Å²) in [5, 5.41) is 12.2. The van der Waals surface area contributed by atoms with Gasteiger partial charge in [0.15, 0.2) is 0 Å². The lowest BCUT2D eigenvalue weighted by atomic mass is 9.85. The maximum absolute atomic E-state index is 13.2. The molecule has 3 aromatic rings. The van der Waals surface area contributed by atoms with Gasteiger partial charge in [0.25, 0.3) is 5.91 Å². The largest absolute Gasteiger partial charge is 0.480 e. The molecule has 0 aliphatic heterocycles. The second-order valence-electron chi connectivity index (χ2n) is 7.16. The molecule has 0 saturated carbocycles. The molecule has 1 atom stereocenters. The number of fused-ring (bicyclic) bond motifs is 3. The maximum Gasteiger partial charge on any atom is 0.323 e. The lowest BCUT2D eigenvalue weighted by Crippen LogP contribution is -2.38. The molecule has 0 bridgehead atoms. The third-order valence-electron chi connectivity index (χ3n) is 5.44. The van der Waals surface area contributed by atoms with Crippen LogP contribution in [0.4, 0.5) is 5.69 Å². The number of carboxylic acid groups (broad SMARTS) is 1. The zero-order valence-electron chi connectivity index (χ0n) is 16.0. The first-order chi connectivity index (χ1) is 14.0. The van der Waals surface area contributed by atoms with E-state index in [9.17, 15) is 14.7 Å². The quantitative estimate of drug-likeness (QED) is 0.641. The van der Waals surface area contributed by atoms with Gasteiger partial charge in [-0.2, -0.15) is 5.06 Å². The number of hydrogen-bond acceptors (Lipinski definition) is 3. The highest BCUT2D eigenvalue weighted by atomic mass is 35.5. The molecule has 1 N–H and O–H groups in total. The van der Waals surface area contributed by atoms with Crippen LogP contribution in [0.1, 0.15) is 17.7 Å². The van der Waals surface area contributed by atoms with Gasteiger partial charge >= 0.3 is 5.97 Å². The molecule has 0 spiro atoms. The van der Waals surface area contributed by atoms with Crippen molar-refractivity contribution in [2.24, 2.45) is 5.92 Å². The molecule has 0 radical (unpaired) electrons. The summed E-state index contributed by atoms with van der Waals surface area (Å²) in [5.41, 5.74) is 3.54. The van der Waals surface area contributed by atoms with Crippen molar-refractivity contribution in [2.45, 2.75) is 25.8 Å². The van der Waals surface area contributed by atoms with Crippen LogP contribution in [0, 0.1) is 5.92 Å². The predicted octanol–water partition coefficient (Wildman–Crippen LogP) is 4.08. The number of carbonyl (C=O) groups is 2. The van der Waals surface area contributed by atoms with Crippen molar-refractivity contribution in [1.29, 1.82) is 0 Å². The molecule has 7 heteroatoms. The lowest BCUT2D eigenvalue weighted by Gasteiger charge is -2.28. The first-order valence-electron chi connectivity index (χ1n) is 9.44. The van der Waals surface area contributed by atoms with Crippen LogP contribution < -0.4 is 5.06 Å². The van der Waals surface area contributed by atoms with Crippen molar-refractivity contribution in [1.82, 2.24) is 4.57 Å². The Morgan fingerprint density at radius 1 is 1.24 bits per heavy atom. The lowest BCUT2D eigenvalue weighted by molar-refractivity contribution is -0.137. The molecule has 0 fully saturated rings. The van der Waals surface area contributed by atoms with Gasteiger partial charge in [0.2, 0.25) is 0 Å². The van der Waals surface area contributed by atoms with Crippen LogP contribution in [-0.4, -0.2) is 28.7 Å². The molecule has 1 unspecified atom stereocenters. The number of hydroxylamine groups is 1. The van der Waals surface area contributed by atoms with E-state index in [-0.39, 0.29) is 18.4 Å². The smallest absolute Gasteiger partial charge is 0.323 e. The van der Waals surface area contributed by atoms with Crippen LogP contribution in [0.5, 0.6) is 0 Å². The van der Waals surface area contributed by atoms with Crippen LogP contribution >= 0.6 is 11.6 Å². The summed E-state index contributed by atoms with van der Waals surface area (Å²) in [4.78, 5) is 30.0. The Morgan fingerprint density at radius 2 is 2.03 bits per heavy atom. The Labute approximate surface area is 173 Å². The summed E-state index contributed by atoms with van der Waals surface area (Å²) in [7, 11) is 1.46. The third kappa shape index (κ3) is 3.61. The summed E-state index contributed by atoms with van der Waals surface area (Å²) < 4.78 is 1.86. The number of hydrogen-bond donors (Lipinski definition) is 1. The fraction of sp³-hybridized carbons (Fsp3) is 0.273. The molecule has 29 heavy (non-hydrogen) atoms. The first kappa shape index (κ1) is 19.5. The number of carboxylic acids is 1. The van der Waals surface area contributed by atoms with Crippen LogP contribution in [0.3, 0.4) is 0 Å². The normalized spacial score (nSPS) is 15.9. The number of amides is 1. The van der Waals surface area contributed by atoms with E-state index in [1.54, 1.807) is 24.3 Å². The fourth-order valence-corrected chi connectivity index (χ4v) is 4.40. The van der Waals surface area contributed by atoms with E-state index >= 15 is 0 Å². The zero-order chi connectivity index (χ0) is 20.5. The zero-order valence-corrected chi connectivity index (χ0v) is 16.7. The van der Waals surface area contributed by atoms with E-state index in [1.807, 2.05) is 28.8 Å². The van der Waals surface area contributed by atoms with Crippen LogP contribution in [-0.2, 0) is 33.8 Å². The number of aromatic nitrogens is 1. The number of anilines is 1. The summed E-state index contributed by atoms with van der Waals surface area (Å²) in [6.45, 7) is -0.0822. The Bertz CT molecular complexity index is 1090. The van der Waals surface area contributed by atoms with Crippen molar-refractivity contribution in [3.63, 3.8) is 0 Å². The van der Waals surface area contributed by atoms with Gasteiger partial charge in [0.1, 0.15) is 6.54 Å². The summed E-state index contributed by atoms with van der Waals surface area (Å²) in [6.07, 6.45) is 1.81. The topological polar surface area (TPSA) is 71.8 Å². The van der Waals surface area contributed by atoms with Gasteiger partial charge in [0, 0.05) is 27.5 Å². The molecular formula is C22H21ClN2O4. The van der Waals surface area contributed by atoms with E-state index in [0.717, 1.165) is 22.2 Å². The predicted molar refractivity (Wildman–Crippen MR) is 111 cm³/mol. The minimum Gasteiger partial charge on any atom is -0.480 e. The van der Waals surface area contributed by atoms with Gasteiger partial charge in [-0.3, -0.25) is 14.4 Å². The van der Waals surface area contributed by atoms with Gasteiger partial charge in [-0.25, -0.2) is 0 Å². The Hall–Kier alpha value is -2.83. The van der Waals surface area contributed by atoms with Gasteiger partial charge in [-0.15, -0.1) is 0 Å². The number of halogens is 1. The Morgan fingerprint density at radius 3 is 2.76 bits per heavy atom. The van der Waals surface area contributed by atoms with Gasteiger partial charge < -0.3 is 9.67 Å². The SMILES string of the molecule is CON(C(=O)C1CCc2c(c3ccccc3n2CC(=O)O)C1)c1cccc(Cl)c1. The van der Waals surface area contributed by atoms with E-state index in [0.29, 0.717) is 30.0 Å². The van der Waals surface area contributed by atoms with Crippen LogP contribution in [0.15, 0.2) is 48.5 Å². The number of benzene rings is 2. The molecule has 6 nitrogen and oxygen atoms in total. The second kappa shape index (κ2) is 7.89. The van der Waals surface area contributed by atoms with E-state index in [1.165, 1.54) is 12.2 Å². The fourth-order valence-electron chi connectivity index (χ4n) is 4.22. The monoisotopic (exact) mass is 412 g/mol. The third-order valence-corrected chi connectivity index (χ3v) is 5.68. The minimum absolute atomic E-state index is 0.0822. The number of rotatable bonds is 5. The van der Waals surface area contributed by atoms with Crippen molar-refractivity contribution < 1.29 is 19.5 Å². The molecule has 1 heterocycles. The molecule has 1 aliphatic rings. The average Bonchev–Trinajstić information content (AvgIpc) is 3.01. The number of carbonyl (C=O) groups excluding carboxylic acids is 1. The molecule has 150 valence electrons. The van der Waals surface area contributed by atoms with E-state index in [2.05, 4.69) is 0 Å². The van der Waals surface area contributed by atoms with Crippen LogP contribution in [0.2, 0.25) is 5.02 Å². The highest BCUT2D eigenvalue weighted by Crippen LogP contribution is 2.36. The minimum atomic E-state index is -0.877. The van der Waals surface area contributed by atoms with Gasteiger partial charge in [-0.05, 0) is 49.1 Å². The molecule has 1 aliphatic carbocycles. The number of para-hydroxylation sites is 1. The molecular weight excluding hydrogens is 392 g/mol. The average molecular weight is 413 g/mol. The van der Waals surface area contributed by atoms with Crippen molar-refractivity contribution in [2.75, 3.05) is 12.2 Å². The summed E-state index contributed by atoms with van der Waals surface area (Å²) in [6, 6.07) is 14.7. The van der Waals surface area contributed by atoms with Gasteiger partial charge in [0.05, 0.1) is 12.8 Å². The molecule has 0 saturated heterocycles. The van der Waals surface area contributed by atoms with Gasteiger partial charge in [-0.1, -0.05) is 35.9 Å². The molecule has 4 rings (SSSR count). The number of aliphatic carboxylic acids is 1. The Balaban J connectivity index is 1.68. The van der Waals surface area contributed by atoms with Crippen LogP contribution in [0.25, 0.3) is 10.9 Å². The maximum atomic E-state index is 13.2. The van der Waals surface area contributed by atoms with E-state index < -0.39 is 5.97 Å². The first-order valence-corrected chi connectivity index (χ1v) is 9.81. The molecule has 1 amide bonds. The van der Waals surface area contributed by atoms with Crippen molar-refractivity contribution in [3.05, 3.63) is 64.8 Å². The summed E-state index contributed by atoms with van der Waals surface area (Å²) >= 11 is 6.07. The van der Waals surface area contributed by atoms with E-state index in [4.69, 9.17) is 16.4 Å². The van der Waals surface area contributed by atoms with Crippen molar-refractivity contribution in [3.8, 4) is 0 Å². The number of nitrogens with zero attached hydrogens (tertiary/aromatic N) is 2. The molecule has 1 aromatic heterocycles. The molecule has 2 aromatic carbocycles. The Kier molecular flexibility index (Phi) is 5.30. The summed E-state index contributed by atoms with van der Waals surface area (Å²) in [5.74, 6) is -1.26. The highest BCUT2D eigenvalue weighted by molar-refractivity contribution is 6.30. The van der Waals surface area contributed by atoms with Crippen molar-refractivity contribution >= 4 is 40.1 Å². The highest BCUT2D eigenvalue weighted by Gasteiger charge is 2.33.